The van der Waals surface area contributed by atoms with E-state index in [2.05, 4.69) is 36.6 Å². The van der Waals surface area contributed by atoms with Gasteiger partial charge in [0.1, 0.15) is 5.75 Å². The van der Waals surface area contributed by atoms with Crippen LogP contribution in [0.4, 0.5) is 4.39 Å². The minimum Gasteiger partial charge on any atom is -0.505 e. The number of rotatable bonds is 1. The molecule has 0 amide bonds. The number of phenols is 1. The summed E-state index contributed by atoms with van der Waals surface area (Å²) in [5, 5.41) is 9.28. The maximum atomic E-state index is 13.4. The highest BCUT2D eigenvalue weighted by atomic mass is 79.9. The minimum absolute atomic E-state index is 0.174. The lowest BCUT2D eigenvalue weighted by Crippen LogP contribution is -2.05. The SMILES string of the molecule is COC(=O)c1cc(Br)c(O)c(Br)c1F. The molecule has 6 heteroatoms. The minimum atomic E-state index is -0.849. The molecule has 0 fully saturated rings. The number of ether oxygens (including phenoxy) is 1. The number of esters is 1. The average Bonchev–Trinajstić information content (AvgIpc) is 2.19. The fraction of sp³-hybridized carbons (Fsp3) is 0.125. The molecular weight excluding hydrogens is 323 g/mol. The highest BCUT2D eigenvalue weighted by Crippen LogP contribution is 2.36. The number of phenolic OH excluding ortho intramolecular Hbond substituents is 1. The van der Waals surface area contributed by atoms with Crippen LogP contribution in [0.25, 0.3) is 0 Å². The summed E-state index contributed by atoms with van der Waals surface area (Å²) in [6.45, 7) is 0. The molecule has 1 aromatic carbocycles. The summed E-state index contributed by atoms with van der Waals surface area (Å²) in [5.41, 5.74) is -0.246. The van der Waals surface area contributed by atoms with Crippen LogP contribution in [0.5, 0.6) is 5.75 Å². The zero-order valence-electron chi connectivity index (χ0n) is 6.97. The van der Waals surface area contributed by atoms with Crippen LogP contribution in [0.1, 0.15) is 10.4 Å². The summed E-state index contributed by atoms with van der Waals surface area (Å²) in [5.74, 6) is -1.95. The zero-order chi connectivity index (χ0) is 10.9. The van der Waals surface area contributed by atoms with E-state index in [1.165, 1.54) is 0 Å². The Labute approximate surface area is 96.1 Å². The lowest BCUT2D eigenvalue weighted by molar-refractivity contribution is 0.0595. The molecule has 1 rings (SSSR count). The van der Waals surface area contributed by atoms with Crippen molar-refractivity contribution >= 4 is 37.8 Å². The normalized spacial score (nSPS) is 10.0. The van der Waals surface area contributed by atoms with Crippen LogP contribution in [0.3, 0.4) is 0 Å². The van der Waals surface area contributed by atoms with Crippen molar-refractivity contribution in [1.82, 2.24) is 0 Å². The summed E-state index contributed by atoms with van der Waals surface area (Å²) < 4.78 is 17.8. The number of aromatic hydroxyl groups is 1. The number of carbonyl (C=O) groups is 1. The summed E-state index contributed by atoms with van der Waals surface area (Å²) in [6, 6.07) is 1.15. The Kier molecular flexibility index (Phi) is 3.49. The Hall–Kier alpha value is -0.620. The number of methoxy groups -OCH3 is 1. The van der Waals surface area contributed by atoms with Crippen molar-refractivity contribution in [3.63, 3.8) is 0 Å². The van der Waals surface area contributed by atoms with E-state index in [-0.39, 0.29) is 20.3 Å². The number of hydrogen-bond acceptors (Lipinski definition) is 3. The molecule has 0 saturated carbocycles. The van der Waals surface area contributed by atoms with Gasteiger partial charge in [0, 0.05) is 0 Å². The van der Waals surface area contributed by atoms with E-state index in [9.17, 15) is 14.3 Å². The maximum absolute atomic E-state index is 13.4. The first-order valence-electron chi connectivity index (χ1n) is 3.43. The summed E-state index contributed by atoms with van der Waals surface area (Å²) in [4.78, 5) is 11.1. The molecule has 3 nitrogen and oxygen atoms in total. The van der Waals surface area contributed by atoms with Crippen molar-refractivity contribution in [2.45, 2.75) is 0 Å². The average molecular weight is 328 g/mol. The van der Waals surface area contributed by atoms with E-state index >= 15 is 0 Å². The Bertz CT molecular complexity index is 393. The fourth-order valence-electron chi connectivity index (χ4n) is 0.844. The van der Waals surface area contributed by atoms with E-state index in [4.69, 9.17) is 0 Å². The molecule has 0 radical (unpaired) electrons. The van der Waals surface area contributed by atoms with Crippen LogP contribution in [-0.2, 0) is 4.74 Å². The van der Waals surface area contributed by atoms with Gasteiger partial charge < -0.3 is 9.84 Å². The molecule has 0 heterocycles. The van der Waals surface area contributed by atoms with E-state index < -0.39 is 11.8 Å². The number of halogens is 3. The molecule has 0 bridgehead atoms. The van der Waals surface area contributed by atoms with Crippen LogP contribution in [0, 0.1) is 5.82 Å². The van der Waals surface area contributed by atoms with Crippen LogP contribution >= 0.6 is 31.9 Å². The predicted molar refractivity (Wildman–Crippen MR) is 54.8 cm³/mol. The topological polar surface area (TPSA) is 46.5 Å². The van der Waals surface area contributed by atoms with Crippen LogP contribution < -0.4 is 0 Å². The molecule has 14 heavy (non-hydrogen) atoms. The van der Waals surface area contributed by atoms with Crippen LogP contribution in [-0.4, -0.2) is 18.2 Å². The number of carbonyl (C=O) groups excluding carboxylic acids is 1. The molecular formula is C8H5Br2FO3. The summed E-state index contributed by atoms with van der Waals surface area (Å²) in [7, 11) is 1.15. The quantitative estimate of drug-likeness (QED) is 0.637. The number of benzene rings is 1. The van der Waals surface area contributed by atoms with Crippen molar-refractivity contribution in [2.75, 3.05) is 7.11 Å². The van der Waals surface area contributed by atoms with Gasteiger partial charge in [-0.05, 0) is 37.9 Å². The molecule has 0 atom stereocenters. The van der Waals surface area contributed by atoms with E-state index in [0.717, 1.165) is 13.2 Å². The van der Waals surface area contributed by atoms with Crippen molar-refractivity contribution in [1.29, 1.82) is 0 Å². The second-order valence-corrected chi connectivity index (χ2v) is 4.02. The van der Waals surface area contributed by atoms with E-state index in [1.807, 2.05) is 0 Å². The van der Waals surface area contributed by atoms with Crippen molar-refractivity contribution in [3.8, 4) is 5.75 Å². The molecule has 0 spiro atoms. The van der Waals surface area contributed by atoms with Crippen molar-refractivity contribution in [3.05, 3.63) is 26.4 Å². The van der Waals surface area contributed by atoms with Gasteiger partial charge in [-0.3, -0.25) is 0 Å². The Balaban J connectivity index is 3.40. The predicted octanol–water partition coefficient (Wildman–Crippen LogP) is 2.84. The number of hydrogen-bond donors (Lipinski definition) is 1. The molecule has 0 aromatic heterocycles. The van der Waals surface area contributed by atoms with Gasteiger partial charge in [0.05, 0.1) is 21.6 Å². The first-order valence-corrected chi connectivity index (χ1v) is 5.02. The van der Waals surface area contributed by atoms with E-state index in [1.54, 1.807) is 0 Å². The van der Waals surface area contributed by atoms with Gasteiger partial charge in [0.15, 0.2) is 5.82 Å². The van der Waals surface area contributed by atoms with Gasteiger partial charge in [-0.2, -0.15) is 0 Å². The first kappa shape index (κ1) is 11.5. The fourth-order valence-corrected chi connectivity index (χ4v) is 1.96. The molecule has 0 unspecified atom stereocenters. The van der Waals surface area contributed by atoms with Gasteiger partial charge in [0.2, 0.25) is 0 Å². The molecule has 0 aliphatic heterocycles. The third-order valence-electron chi connectivity index (χ3n) is 1.54. The van der Waals surface area contributed by atoms with Gasteiger partial charge in [-0.1, -0.05) is 0 Å². The van der Waals surface area contributed by atoms with Crippen LogP contribution in [0.2, 0.25) is 0 Å². The van der Waals surface area contributed by atoms with E-state index in [0.29, 0.717) is 0 Å². The molecule has 0 aliphatic rings. The molecule has 1 N–H and O–H groups in total. The molecule has 0 saturated heterocycles. The zero-order valence-corrected chi connectivity index (χ0v) is 10.1. The van der Waals surface area contributed by atoms with Gasteiger partial charge in [-0.25, -0.2) is 9.18 Å². The van der Waals surface area contributed by atoms with Crippen LogP contribution in [0.15, 0.2) is 15.0 Å². The Morgan fingerprint density at radius 1 is 1.57 bits per heavy atom. The standard InChI is InChI=1S/C8H5Br2FO3/c1-14-8(13)3-2-4(9)7(12)5(10)6(3)11/h2,12H,1H3. The second kappa shape index (κ2) is 4.27. The van der Waals surface area contributed by atoms with Gasteiger partial charge in [0.25, 0.3) is 0 Å². The first-order chi connectivity index (χ1) is 6.49. The largest absolute Gasteiger partial charge is 0.505 e. The second-order valence-electron chi connectivity index (χ2n) is 2.37. The highest BCUT2D eigenvalue weighted by Gasteiger charge is 2.19. The summed E-state index contributed by atoms with van der Waals surface area (Å²) >= 11 is 5.79. The Morgan fingerprint density at radius 2 is 2.14 bits per heavy atom. The monoisotopic (exact) mass is 326 g/mol. The maximum Gasteiger partial charge on any atom is 0.340 e. The third-order valence-corrected chi connectivity index (χ3v) is 2.87. The highest BCUT2D eigenvalue weighted by molar-refractivity contribution is 9.11. The van der Waals surface area contributed by atoms with Crippen molar-refractivity contribution in [2.24, 2.45) is 0 Å². The lowest BCUT2D eigenvalue weighted by atomic mass is 10.2. The smallest absolute Gasteiger partial charge is 0.340 e. The Morgan fingerprint density at radius 3 is 2.64 bits per heavy atom. The van der Waals surface area contributed by atoms with Crippen molar-refractivity contribution < 1.29 is 19.0 Å². The molecule has 76 valence electrons. The molecule has 0 aliphatic carbocycles. The third kappa shape index (κ3) is 1.90. The van der Waals surface area contributed by atoms with Gasteiger partial charge in [-0.15, -0.1) is 0 Å². The van der Waals surface area contributed by atoms with Gasteiger partial charge >= 0.3 is 5.97 Å². The summed E-state index contributed by atoms with van der Waals surface area (Å²) in [6.07, 6.45) is 0. The lowest BCUT2D eigenvalue weighted by Gasteiger charge is -2.06. The molecule has 1 aromatic rings.